The second-order valence-corrected chi connectivity index (χ2v) is 7.10. The number of hydrogen-bond donors (Lipinski definition) is 0. The summed E-state index contributed by atoms with van der Waals surface area (Å²) in [4.78, 5) is 13.0. The number of allylic oxidation sites excluding steroid dienone is 3. The zero-order valence-electron chi connectivity index (χ0n) is 18.3. The van der Waals surface area contributed by atoms with Crippen molar-refractivity contribution < 1.29 is 23.7 Å². The largest absolute Gasteiger partial charge is 0.497 e. The number of para-hydroxylation sites is 1. The second-order valence-electron chi connectivity index (χ2n) is 7.10. The van der Waals surface area contributed by atoms with Gasteiger partial charge in [-0.15, -0.1) is 0 Å². The summed E-state index contributed by atoms with van der Waals surface area (Å²) < 4.78 is 22.5. The van der Waals surface area contributed by atoms with Crippen molar-refractivity contribution in [1.82, 2.24) is 0 Å². The maximum Gasteiger partial charge on any atom is 0.186 e. The smallest absolute Gasteiger partial charge is 0.186 e. The van der Waals surface area contributed by atoms with E-state index in [-0.39, 0.29) is 5.78 Å². The van der Waals surface area contributed by atoms with Gasteiger partial charge in [0.25, 0.3) is 0 Å². The molecule has 0 fully saturated rings. The lowest BCUT2D eigenvalue weighted by molar-refractivity contribution is 0.104. The summed E-state index contributed by atoms with van der Waals surface area (Å²) in [5.74, 6) is 3.20. The van der Waals surface area contributed by atoms with Gasteiger partial charge in [-0.05, 0) is 79.2 Å². The third-order valence-corrected chi connectivity index (χ3v) is 5.12. The van der Waals surface area contributed by atoms with E-state index in [4.69, 9.17) is 18.9 Å². The molecule has 1 aliphatic heterocycles. The molecule has 0 atom stereocenters. The Kier molecular flexibility index (Phi) is 6.26. The lowest BCUT2D eigenvalue weighted by Crippen LogP contribution is -2.07. The van der Waals surface area contributed by atoms with E-state index >= 15 is 0 Å². The number of fused-ring (bicyclic) bond motifs is 1. The van der Waals surface area contributed by atoms with Gasteiger partial charge in [0.15, 0.2) is 17.3 Å². The molecule has 0 saturated carbocycles. The molecule has 0 amide bonds. The first-order chi connectivity index (χ1) is 15.6. The number of ether oxygens (including phenoxy) is 4. The lowest BCUT2D eigenvalue weighted by Gasteiger charge is -2.23. The van der Waals surface area contributed by atoms with Crippen molar-refractivity contribution >= 4 is 17.1 Å². The Morgan fingerprint density at radius 1 is 0.906 bits per heavy atom. The highest BCUT2D eigenvalue weighted by molar-refractivity contribution is 6.11. The van der Waals surface area contributed by atoms with E-state index in [1.165, 1.54) is 0 Å². The van der Waals surface area contributed by atoms with Crippen molar-refractivity contribution in [2.45, 2.75) is 6.92 Å². The van der Waals surface area contributed by atoms with Crippen LogP contribution in [0.4, 0.5) is 0 Å². The topological polar surface area (TPSA) is 54.0 Å². The SMILES string of the molecule is CCOc1cccc2c1OC(c1ccc(OC)cc1)=C/C2=C\C(=O)c1ccc(OC)cc1. The first-order valence-electron chi connectivity index (χ1n) is 10.3. The molecule has 0 aromatic heterocycles. The highest BCUT2D eigenvalue weighted by Crippen LogP contribution is 2.43. The maximum absolute atomic E-state index is 13.0. The van der Waals surface area contributed by atoms with Crippen molar-refractivity contribution in [3.05, 3.63) is 95.6 Å². The molecule has 3 aromatic rings. The van der Waals surface area contributed by atoms with Gasteiger partial charge in [-0.3, -0.25) is 4.79 Å². The van der Waals surface area contributed by atoms with Gasteiger partial charge in [-0.1, -0.05) is 12.1 Å². The van der Waals surface area contributed by atoms with Gasteiger partial charge >= 0.3 is 0 Å². The molecule has 0 aliphatic carbocycles. The molecule has 4 rings (SSSR count). The molecule has 3 aromatic carbocycles. The molecule has 0 N–H and O–H groups in total. The van der Waals surface area contributed by atoms with Gasteiger partial charge in [0.1, 0.15) is 17.3 Å². The fourth-order valence-corrected chi connectivity index (χ4v) is 3.47. The standard InChI is InChI=1S/C27H24O5/c1-4-31-25-7-5-6-23-20(16-24(28)18-8-12-21(29-2)13-9-18)17-26(32-27(23)25)19-10-14-22(30-3)15-11-19/h5-17H,4H2,1-3H3/b20-16+. The predicted molar refractivity (Wildman–Crippen MR) is 125 cm³/mol. The molecule has 1 heterocycles. The summed E-state index contributed by atoms with van der Waals surface area (Å²) in [7, 11) is 3.22. The summed E-state index contributed by atoms with van der Waals surface area (Å²) in [6.45, 7) is 2.43. The molecular weight excluding hydrogens is 404 g/mol. The van der Waals surface area contributed by atoms with Gasteiger partial charge in [0.2, 0.25) is 0 Å². The Bertz CT molecular complexity index is 1170. The summed E-state index contributed by atoms with van der Waals surface area (Å²) >= 11 is 0. The van der Waals surface area contributed by atoms with Crippen LogP contribution in [0.1, 0.15) is 28.4 Å². The first-order valence-corrected chi connectivity index (χ1v) is 10.3. The Morgan fingerprint density at radius 3 is 2.19 bits per heavy atom. The van der Waals surface area contributed by atoms with Crippen LogP contribution in [0.15, 0.2) is 78.9 Å². The van der Waals surface area contributed by atoms with Gasteiger partial charge < -0.3 is 18.9 Å². The Hall–Kier alpha value is -3.99. The summed E-state index contributed by atoms with van der Waals surface area (Å²) in [6, 6.07) is 20.3. The van der Waals surface area contributed by atoms with Crippen LogP contribution in [0.2, 0.25) is 0 Å². The van der Waals surface area contributed by atoms with E-state index in [0.717, 1.165) is 22.4 Å². The van der Waals surface area contributed by atoms with Gasteiger partial charge in [-0.25, -0.2) is 0 Å². The maximum atomic E-state index is 13.0. The molecule has 0 saturated heterocycles. The Balaban J connectivity index is 1.78. The molecule has 5 heteroatoms. The van der Waals surface area contributed by atoms with Gasteiger partial charge in [0.05, 0.1) is 20.8 Å². The minimum Gasteiger partial charge on any atom is -0.497 e. The van der Waals surface area contributed by atoms with Crippen LogP contribution in [0, 0.1) is 0 Å². The third-order valence-electron chi connectivity index (χ3n) is 5.12. The van der Waals surface area contributed by atoms with Crippen LogP contribution in [-0.2, 0) is 0 Å². The van der Waals surface area contributed by atoms with Crippen LogP contribution in [-0.4, -0.2) is 26.6 Å². The molecule has 0 spiro atoms. The Labute approximate surface area is 187 Å². The molecule has 5 nitrogen and oxygen atoms in total. The number of ketones is 1. The molecular formula is C27H24O5. The van der Waals surface area contributed by atoms with Crippen LogP contribution in [0.5, 0.6) is 23.0 Å². The van der Waals surface area contributed by atoms with E-state index in [9.17, 15) is 4.79 Å². The first kappa shape index (κ1) is 21.2. The monoisotopic (exact) mass is 428 g/mol. The minimum atomic E-state index is -0.109. The van der Waals surface area contributed by atoms with Gasteiger partial charge in [-0.2, -0.15) is 0 Å². The van der Waals surface area contributed by atoms with E-state index in [2.05, 4.69) is 0 Å². The molecule has 0 unspecified atom stereocenters. The molecule has 1 aliphatic rings. The number of methoxy groups -OCH3 is 2. The zero-order valence-corrected chi connectivity index (χ0v) is 18.3. The number of rotatable bonds is 7. The van der Waals surface area contributed by atoms with E-state index in [0.29, 0.717) is 35.2 Å². The number of benzene rings is 3. The van der Waals surface area contributed by atoms with E-state index < -0.39 is 0 Å². The van der Waals surface area contributed by atoms with Crippen LogP contribution >= 0.6 is 0 Å². The van der Waals surface area contributed by atoms with Crippen molar-refractivity contribution in [1.29, 1.82) is 0 Å². The fraction of sp³-hybridized carbons (Fsp3) is 0.148. The minimum absolute atomic E-state index is 0.109. The van der Waals surface area contributed by atoms with E-state index in [1.54, 1.807) is 44.6 Å². The third kappa shape index (κ3) is 4.37. The average Bonchev–Trinajstić information content (AvgIpc) is 2.84. The highest BCUT2D eigenvalue weighted by atomic mass is 16.5. The number of hydrogen-bond acceptors (Lipinski definition) is 5. The van der Waals surface area contributed by atoms with Crippen LogP contribution < -0.4 is 18.9 Å². The molecule has 162 valence electrons. The summed E-state index contributed by atoms with van der Waals surface area (Å²) in [5, 5.41) is 0. The molecule has 32 heavy (non-hydrogen) atoms. The normalized spacial score (nSPS) is 13.6. The molecule has 0 bridgehead atoms. The quantitative estimate of drug-likeness (QED) is 0.352. The van der Waals surface area contributed by atoms with Crippen LogP contribution in [0.3, 0.4) is 0 Å². The van der Waals surface area contributed by atoms with Gasteiger partial charge in [0, 0.05) is 16.7 Å². The fourth-order valence-electron chi connectivity index (χ4n) is 3.47. The summed E-state index contributed by atoms with van der Waals surface area (Å²) in [6.07, 6.45) is 3.50. The highest BCUT2D eigenvalue weighted by Gasteiger charge is 2.23. The second kappa shape index (κ2) is 9.43. The van der Waals surface area contributed by atoms with Crippen molar-refractivity contribution in [2.24, 2.45) is 0 Å². The molecule has 0 radical (unpaired) electrons. The van der Waals surface area contributed by atoms with Crippen molar-refractivity contribution in [2.75, 3.05) is 20.8 Å². The van der Waals surface area contributed by atoms with E-state index in [1.807, 2.05) is 55.5 Å². The zero-order chi connectivity index (χ0) is 22.5. The predicted octanol–water partition coefficient (Wildman–Crippen LogP) is 5.80. The van der Waals surface area contributed by atoms with Crippen molar-refractivity contribution in [3.8, 4) is 23.0 Å². The number of carbonyl (C=O) groups is 1. The summed E-state index contributed by atoms with van der Waals surface area (Å²) in [5.41, 5.74) is 2.99. The average molecular weight is 428 g/mol. The lowest BCUT2D eigenvalue weighted by atomic mass is 9.96. The Morgan fingerprint density at radius 2 is 1.56 bits per heavy atom. The van der Waals surface area contributed by atoms with Crippen LogP contribution in [0.25, 0.3) is 11.3 Å². The number of carbonyl (C=O) groups excluding carboxylic acids is 1. The van der Waals surface area contributed by atoms with Crippen molar-refractivity contribution in [3.63, 3.8) is 0 Å².